The van der Waals surface area contributed by atoms with E-state index in [1.165, 1.54) is 6.07 Å². The van der Waals surface area contributed by atoms with E-state index in [-0.39, 0.29) is 11.9 Å². The Kier molecular flexibility index (Phi) is 7.49. The van der Waals surface area contributed by atoms with Gasteiger partial charge in [-0.05, 0) is 65.9 Å². The zero-order chi connectivity index (χ0) is 22.7. The fourth-order valence-corrected chi connectivity index (χ4v) is 4.23. The third-order valence-electron chi connectivity index (χ3n) is 5.51. The number of nitrogens with zero attached hydrogens (tertiary/aromatic N) is 5. The number of aryl methyl sites for hydroxylation is 1. The number of fused-ring (bicyclic) bond motifs is 1. The number of rotatable bonds is 4. The number of anilines is 1. The lowest BCUT2D eigenvalue weighted by Crippen LogP contribution is -2.37. The molecule has 1 aliphatic heterocycles. The SMILES string of the molecule is CC.Cc1nc2c(F)cc(-c3nc(NC4CCN(C)CC4)ncc3Cl)cc2n1C(C)C. The van der Waals surface area contributed by atoms with Crippen LogP contribution in [0.1, 0.15) is 52.4 Å². The van der Waals surface area contributed by atoms with Gasteiger partial charge >= 0.3 is 0 Å². The van der Waals surface area contributed by atoms with E-state index in [1.807, 2.05) is 31.4 Å². The molecular formula is C23H32ClFN6. The van der Waals surface area contributed by atoms with Crippen LogP contribution in [0.2, 0.25) is 5.02 Å². The van der Waals surface area contributed by atoms with E-state index >= 15 is 0 Å². The van der Waals surface area contributed by atoms with E-state index in [2.05, 4.69) is 46.1 Å². The van der Waals surface area contributed by atoms with Crippen molar-refractivity contribution in [2.24, 2.45) is 0 Å². The number of piperidine rings is 1. The minimum Gasteiger partial charge on any atom is -0.351 e. The van der Waals surface area contributed by atoms with E-state index in [9.17, 15) is 4.39 Å². The maximum Gasteiger partial charge on any atom is 0.223 e. The van der Waals surface area contributed by atoms with Crippen LogP contribution >= 0.6 is 11.6 Å². The summed E-state index contributed by atoms with van der Waals surface area (Å²) in [7, 11) is 2.13. The molecule has 6 nitrogen and oxygen atoms in total. The van der Waals surface area contributed by atoms with Gasteiger partial charge in [0.15, 0.2) is 5.82 Å². The molecule has 0 bridgehead atoms. The Morgan fingerprint density at radius 3 is 2.48 bits per heavy atom. The summed E-state index contributed by atoms with van der Waals surface area (Å²) in [6, 6.07) is 3.85. The Bertz CT molecular complexity index is 1040. The minimum atomic E-state index is -0.375. The van der Waals surface area contributed by atoms with Gasteiger partial charge in [-0.25, -0.2) is 19.3 Å². The molecule has 3 heterocycles. The standard InChI is InChI=1S/C21H26ClFN6.C2H6/c1-12(2)29-13(3)25-20-17(23)9-14(10-18(20)29)19-16(22)11-24-21(27-19)26-15-5-7-28(4)8-6-15;1-2/h9-12,15H,5-8H2,1-4H3,(H,24,26,27);1-2H3. The number of imidazole rings is 1. The van der Waals surface area contributed by atoms with Crippen molar-refractivity contribution in [3.63, 3.8) is 0 Å². The normalized spacial score (nSPS) is 15.3. The predicted molar refractivity (Wildman–Crippen MR) is 126 cm³/mol. The van der Waals surface area contributed by atoms with Gasteiger partial charge in [0.1, 0.15) is 11.3 Å². The molecular weight excluding hydrogens is 415 g/mol. The Morgan fingerprint density at radius 1 is 1.16 bits per heavy atom. The molecule has 1 N–H and O–H groups in total. The van der Waals surface area contributed by atoms with E-state index in [0.29, 0.717) is 33.8 Å². The first kappa shape index (κ1) is 23.4. The molecule has 0 radical (unpaired) electrons. The molecule has 0 atom stereocenters. The predicted octanol–water partition coefficient (Wildman–Crippen LogP) is 5.71. The van der Waals surface area contributed by atoms with Gasteiger partial charge in [0, 0.05) is 17.6 Å². The van der Waals surface area contributed by atoms with Crippen LogP contribution in [0, 0.1) is 12.7 Å². The van der Waals surface area contributed by atoms with Gasteiger partial charge in [-0.15, -0.1) is 0 Å². The molecule has 3 aromatic rings. The Labute approximate surface area is 188 Å². The second-order valence-corrected chi connectivity index (χ2v) is 8.47. The van der Waals surface area contributed by atoms with Gasteiger partial charge in [-0.2, -0.15) is 0 Å². The maximum absolute atomic E-state index is 14.8. The molecule has 168 valence electrons. The largest absolute Gasteiger partial charge is 0.351 e. The fourth-order valence-electron chi connectivity index (χ4n) is 4.03. The van der Waals surface area contributed by atoms with Crippen LogP contribution in [0.4, 0.5) is 10.3 Å². The van der Waals surface area contributed by atoms with E-state index in [0.717, 1.165) is 37.3 Å². The van der Waals surface area contributed by atoms with Crippen LogP contribution in [-0.2, 0) is 0 Å². The van der Waals surface area contributed by atoms with Gasteiger partial charge in [-0.1, -0.05) is 25.4 Å². The third-order valence-corrected chi connectivity index (χ3v) is 5.79. The zero-order valence-electron chi connectivity index (χ0n) is 19.2. The average molecular weight is 447 g/mol. The van der Waals surface area contributed by atoms with Crippen LogP contribution in [0.5, 0.6) is 0 Å². The second-order valence-electron chi connectivity index (χ2n) is 8.06. The molecule has 8 heteroatoms. The monoisotopic (exact) mass is 446 g/mol. The highest BCUT2D eigenvalue weighted by Crippen LogP contribution is 2.32. The Balaban J connectivity index is 0.00000132. The molecule has 2 aromatic heterocycles. The fraction of sp³-hybridized carbons (Fsp3) is 0.522. The number of hydrogen-bond acceptors (Lipinski definition) is 5. The number of aromatic nitrogens is 4. The van der Waals surface area contributed by atoms with Crippen LogP contribution in [0.15, 0.2) is 18.3 Å². The molecule has 31 heavy (non-hydrogen) atoms. The first-order valence-electron chi connectivity index (χ1n) is 11.0. The lowest BCUT2D eigenvalue weighted by atomic mass is 10.1. The lowest BCUT2D eigenvalue weighted by Gasteiger charge is -2.29. The molecule has 1 fully saturated rings. The van der Waals surface area contributed by atoms with Gasteiger partial charge in [-0.3, -0.25) is 0 Å². The van der Waals surface area contributed by atoms with Crippen molar-refractivity contribution in [3.05, 3.63) is 35.0 Å². The highest BCUT2D eigenvalue weighted by atomic mass is 35.5. The Morgan fingerprint density at radius 2 is 1.84 bits per heavy atom. The van der Waals surface area contributed by atoms with Crippen LogP contribution in [0.25, 0.3) is 22.3 Å². The molecule has 0 aliphatic carbocycles. The van der Waals surface area contributed by atoms with Gasteiger partial charge in [0.05, 0.1) is 22.4 Å². The second kappa shape index (κ2) is 9.92. The van der Waals surface area contributed by atoms with Crippen LogP contribution < -0.4 is 5.32 Å². The topological polar surface area (TPSA) is 58.9 Å². The van der Waals surface area contributed by atoms with Gasteiger partial charge in [0.2, 0.25) is 5.95 Å². The first-order valence-corrected chi connectivity index (χ1v) is 11.4. The molecule has 0 unspecified atom stereocenters. The zero-order valence-corrected chi connectivity index (χ0v) is 20.0. The van der Waals surface area contributed by atoms with Gasteiger partial charge < -0.3 is 14.8 Å². The Hall–Kier alpha value is -2.25. The average Bonchev–Trinajstić information content (AvgIpc) is 3.09. The van der Waals surface area contributed by atoms with Crippen molar-refractivity contribution in [2.75, 3.05) is 25.5 Å². The first-order chi connectivity index (χ1) is 14.8. The van der Waals surface area contributed by atoms with Crippen molar-refractivity contribution < 1.29 is 4.39 Å². The molecule has 1 aliphatic rings. The van der Waals surface area contributed by atoms with Crippen LogP contribution in [-0.4, -0.2) is 50.6 Å². The van der Waals surface area contributed by atoms with Crippen LogP contribution in [0.3, 0.4) is 0 Å². The lowest BCUT2D eigenvalue weighted by molar-refractivity contribution is 0.263. The molecule has 1 aromatic carbocycles. The molecule has 0 spiro atoms. The van der Waals surface area contributed by atoms with Crippen molar-refractivity contribution in [1.82, 2.24) is 24.4 Å². The number of nitrogens with one attached hydrogen (secondary N) is 1. The summed E-state index contributed by atoms with van der Waals surface area (Å²) in [5.74, 6) is 0.928. The molecule has 0 saturated carbocycles. The quantitative estimate of drug-likeness (QED) is 0.556. The highest BCUT2D eigenvalue weighted by molar-refractivity contribution is 6.33. The van der Waals surface area contributed by atoms with Crippen molar-refractivity contribution in [2.45, 2.75) is 59.5 Å². The summed E-state index contributed by atoms with van der Waals surface area (Å²) in [6.45, 7) is 12.1. The maximum atomic E-state index is 14.8. The number of halogens is 2. The summed E-state index contributed by atoms with van der Waals surface area (Å²) >= 11 is 6.40. The molecule has 0 amide bonds. The summed E-state index contributed by atoms with van der Waals surface area (Å²) in [6.07, 6.45) is 3.64. The molecule has 1 saturated heterocycles. The van der Waals surface area contributed by atoms with Crippen molar-refractivity contribution in [1.29, 1.82) is 0 Å². The van der Waals surface area contributed by atoms with Crippen molar-refractivity contribution in [3.8, 4) is 11.3 Å². The third kappa shape index (κ3) is 4.99. The van der Waals surface area contributed by atoms with E-state index < -0.39 is 0 Å². The smallest absolute Gasteiger partial charge is 0.223 e. The van der Waals surface area contributed by atoms with E-state index in [1.54, 1.807) is 6.20 Å². The number of hydrogen-bond donors (Lipinski definition) is 1. The number of likely N-dealkylation sites (tertiary alicyclic amines) is 1. The summed E-state index contributed by atoms with van der Waals surface area (Å²) in [4.78, 5) is 15.7. The number of benzene rings is 1. The summed E-state index contributed by atoms with van der Waals surface area (Å²) in [5.41, 5.74) is 2.25. The highest BCUT2D eigenvalue weighted by Gasteiger charge is 2.20. The minimum absolute atomic E-state index is 0.164. The van der Waals surface area contributed by atoms with Crippen molar-refractivity contribution >= 4 is 28.6 Å². The van der Waals surface area contributed by atoms with E-state index in [4.69, 9.17) is 11.6 Å². The summed E-state index contributed by atoms with van der Waals surface area (Å²) < 4.78 is 16.9. The van der Waals surface area contributed by atoms with Gasteiger partial charge in [0.25, 0.3) is 0 Å². The summed E-state index contributed by atoms with van der Waals surface area (Å²) in [5, 5.41) is 3.80. The molecule has 4 rings (SSSR count).